The largest absolute Gasteiger partial charge is 0.381 e. The Kier molecular flexibility index (Phi) is 4.45. The van der Waals surface area contributed by atoms with E-state index in [0.717, 1.165) is 25.2 Å². The van der Waals surface area contributed by atoms with E-state index in [-0.39, 0.29) is 0 Å². The van der Waals surface area contributed by atoms with Gasteiger partial charge < -0.3 is 15.0 Å². The van der Waals surface area contributed by atoms with Gasteiger partial charge in [0.05, 0.1) is 6.61 Å². The second-order valence-electron chi connectivity index (χ2n) is 7.08. The van der Waals surface area contributed by atoms with E-state index in [1.165, 1.54) is 64.7 Å². The number of nitrogens with one attached hydrogen (secondary N) is 1. The summed E-state index contributed by atoms with van der Waals surface area (Å²) < 4.78 is 5.74. The summed E-state index contributed by atoms with van der Waals surface area (Å²) >= 11 is 0. The Bertz CT molecular complexity index is 280. The van der Waals surface area contributed by atoms with Crippen molar-refractivity contribution in [1.82, 2.24) is 10.2 Å². The molecule has 0 aromatic carbocycles. The lowest BCUT2D eigenvalue weighted by Gasteiger charge is -2.38. The first-order valence-corrected chi connectivity index (χ1v) is 8.33. The first-order chi connectivity index (χ1) is 9.30. The van der Waals surface area contributed by atoms with Gasteiger partial charge in [0.2, 0.25) is 0 Å². The van der Waals surface area contributed by atoms with E-state index in [1.807, 2.05) is 0 Å². The fourth-order valence-electron chi connectivity index (χ4n) is 3.44. The maximum Gasteiger partial charge on any atom is 0.0547 e. The summed E-state index contributed by atoms with van der Waals surface area (Å²) in [7, 11) is 0. The minimum absolute atomic E-state index is 0.391. The molecular formula is C16H30N2O. The molecule has 1 unspecified atom stereocenters. The van der Waals surface area contributed by atoms with Gasteiger partial charge in [-0.1, -0.05) is 13.3 Å². The van der Waals surface area contributed by atoms with Gasteiger partial charge in [0, 0.05) is 37.7 Å². The van der Waals surface area contributed by atoms with E-state index in [2.05, 4.69) is 17.1 Å². The fraction of sp³-hybridized carbons (Fsp3) is 1.00. The quantitative estimate of drug-likeness (QED) is 0.729. The van der Waals surface area contributed by atoms with Crippen molar-refractivity contribution in [3.63, 3.8) is 0 Å². The summed E-state index contributed by atoms with van der Waals surface area (Å²) in [6.07, 6.45) is 8.39. The second-order valence-corrected chi connectivity index (χ2v) is 7.08. The van der Waals surface area contributed by atoms with Gasteiger partial charge in [-0.15, -0.1) is 0 Å². The van der Waals surface area contributed by atoms with Gasteiger partial charge in [-0.25, -0.2) is 0 Å². The lowest BCUT2D eigenvalue weighted by Crippen LogP contribution is -2.47. The minimum atomic E-state index is 0.391. The molecule has 1 heterocycles. The molecule has 2 saturated carbocycles. The standard InChI is InChI=1S/C16H30N2O/c1-2-18(10-14-4-3-5-14)12-16(8-9-19-13-16)11-17-15-6-7-15/h14-15,17H,2-13H2,1H3. The number of hydrogen-bond acceptors (Lipinski definition) is 3. The lowest BCUT2D eigenvalue weighted by molar-refractivity contribution is 0.0914. The summed E-state index contributed by atoms with van der Waals surface area (Å²) in [6, 6.07) is 0.819. The molecule has 0 spiro atoms. The molecule has 0 bridgehead atoms. The van der Waals surface area contributed by atoms with Crippen molar-refractivity contribution in [2.24, 2.45) is 11.3 Å². The van der Waals surface area contributed by atoms with Crippen molar-refractivity contribution in [3.05, 3.63) is 0 Å². The van der Waals surface area contributed by atoms with Crippen molar-refractivity contribution < 1.29 is 4.74 Å². The third kappa shape index (κ3) is 3.71. The van der Waals surface area contributed by atoms with Gasteiger partial charge in [0.15, 0.2) is 0 Å². The topological polar surface area (TPSA) is 24.5 Å². The van der Waals surface area contributed by atoms with Crippen LogP contribution in [0.5, 0.6) is 0 Å². The zero-order chi connectivity index (χ0) is 13.1. The normalized spacial score (nSPS) is 31.9. The molecule has 0 amide bonds. The van der Waals surface area contributed by atoms with Gasteiger partial charge in [-0.05, 0) is 44.6 Å². The highest BCUT2D eigenvalue weighted by atomic mass is 16.5. The zero-order valence-electron chi connectivity index (χ0n) is 12.5. The first kappa shape index (κ1) is 13.8. The highest BCUT2D eigenvalue weighted by molar-refractivity contribution is 4.92. The molecule has 3 nitrogen and oxygen atoms in total. The second kappa shape index (κ2) is 6.11. The smallest absolute Gasteiger partial charge is 0.0547 e. The molecule has 1 saturated heterocycles. The van der Waals surface area contributed by atoms with Crippen molar-refractivity contribution in [2.45, 2.75) is 51.5 Å². The summed E-state index contributed by atoms with van der Waals surface area (Å²) in [4.78, 5) is 2.69. The zero-order valence-corrected chi connectivity index (χ0v) is 12.5. The van der Waals surface area contributed by atoms with Crippen LogP contribution in [0.1, 0.15) is 45.4 Å². The Labute approximate surface area is 118 Å². The molecule has 110 valence electrons. The molecule has 3 fully saturated rings. The Morgan fingerprint density at radius 1 is 1.26 bits per heavy atom. The summed E-state index contributed by atoms with van der Waals surface area (Å²) in [6.45, 7) is 9.17. The summed E-state index contributed by atoms with van der Waals surface area (Å²) in [5.41, 5.74) is 0.391. The molecule has 1 aliphatic heterocycles. The van der Waals surface area contributed by atoms with Crippen molar-refractivity contribution in [2.75, 3.05) is 39.4 Å². The van der Waals surface area contributed by atoms with E-state index >= 15 is 0 Å². The van der Waals surface area contributed by atoms with Crippen LogP contribution in [0.15, 0.2) is 0 Å². The van der Waals surface area contributed by atoms with Crippen LogP contribution in [0.2, 0.25) is 0 Å². The molecule has 3 aliphatic rings. The molecule has 1 atom stereocenters. The first-order valence-electron chi connectivity index (χ1n) is 8.33. The number of rotatable bonds is 8. The summed E-state index contributed by atoms with van der Waals surface area (Å²) in [5, 5.41) is 3.74. The van der Waals surface area contributed by atoms with Crippen molar-refractivity contribution in [1.29, 1.82) is 0 Å². The Hall–Kier alpha value is -0.120. The Morgan fingerprint density at radius 3 is 2.63 bits per heavy atom. The average Bonchev–Trinajstić information content (AvgIpc) is 3.10. The van der Waals surface area contributed by atoms with Gasteiger partial charge in [-0.3, -0.25) is 0 Å². The van der Waals surface area contributed by atoms with E-state index in [9.17, 15) is 0 Å². The van der Waals surface area contributed by atoms with Gasteiger partial charge in [0.25, 0.3) is 0 Å². The predicted octanol–water partition coefficient (Wildman–Crippen LogP) is 2.27. The SMILES string of the molecule is CCN(CC1CCC1)CC1(CNC2CC2)CCOC1. The average molecular weight is 266 g/mol. The van der Waals surface area contributed by atoms with E-state index < -0.39 is 0 Å². The molecule has 19 heavy (non-hydrogen) atoms. The van der Waals surface area contributed by atoms with Crippen LogP contribution < -0.4 is 5.32 Å². The lowest BCUT2D eigenvalue weighted by atomic mass is 9.83. The van der Waals surface area contributed by atoms with Crippen molar-refractivity contribution in [3.8, 4) is 0 Å². The third-order valence-corrected chi connectivity index (χ3v) is 5.28. The Balaban J connectivity index is 1.51. The number of hydrogen-bond donors (Lipinski definition) is 1. The van der Waals surface area contributed by atoms with Crippen molar-refractivity contribution >= 4 is 0 Å². The van der Waals surface area contributed by atoms with Crippen LogP contribution in [0.4, 0.5) is 0 Å². The van der Waals surface area contributed by atoms with E-state index in [0.29, 0.717) is 5.41 Å². The molecule has 3 heteroatoms. The van der Waals surface area contributed by atoms with E-state index in [4.69, 9.17) is 4.74 Å². The molecule has 2 aliphatic carbocycles. The fourth-order valence-corrected chi connectivity index (χ4v) is 3.44. The molecule has 3 rings (SSSR count). The Morgan fingerprint density at radius 2 is 2.11 bits per heavy atom. The molecule has 1 N–H and O–H groups in total. The molecule has 0 radical (unpaired) electrons. The predicted molar refractivity (Wildman–Crippen MR) is 78.3 cm³/mol. The number of nitrogens with zero attached hydrogens (tertiary/aromatic N) is 1. The minimum Gasteiger partial charge on any atom is -0.381 e. The molecule has 0 aromatic rings. The van der Waals surface area contributed by atoms with Crippen LogP contribution in [-0.4, -0.2) is 50.3 Å². The van der Waals surface area contributed by atoms with Crippen LogP contribution in [0.25, 0.3) is 0 Å². The van der Waals surface area contributed by atoms with Gasteiger partial charge in [-0.2, -0.15) is 0 Å². The molecule has 0 aromatic heterocycles. The van der Waals surface area contributed by atoms with Crippen LogP contribution in [0, 0.1) is 11.3 Å². The molecular weight excluding hydrogens is 236 g/mol. The van der Waals surface area contributed by atoms with Crippen LogP contribution in [-0.2, 0) is 4.74 Å². The van der Waals surface area contributed by atoms with Gasteiger partial charge in [0.1, 0.15) is 0 Å². The highest BCUT2D eigenvalue weighted by Crippen LogP contribution is 2.33. The van der Waals surface area contributed by atoms with Gasteiger partial charge >= 0.3 is 0 Å². The highest BCUT2D eigenvalue weighted by Gasteiger charge is 2.38. The van der Waals surface area contributed by atoms with Crippen LogP contribution in [0.3, 0.4) is 0 Å². The number of ether oxygens (including phenoxy) is 1. The van der Waals surface area contributed by atoms with Crippen LogP contribution >= 0.6 is 0 Å². The third-order valence-electron chi connectivity index (χ3n) is 5.28. The summed E-state index contributed by atoms with van der Waals surface area (Å²) in [5.74, 6) is 0.982. The monoisotopic (exact) mass is 266 g/mol. The van der Waals surface area contributed by atoms with E-state index in [1.54, 1.807) is 0 Å². The maximum absolute atomic E-state index is 5.74. The maximum atomic E-state index is 5.74.